The summed E-state index contributed by atoms with van der Waals surface area (Å²) in [5, 5.41) is 0. The lowest BCUT2D eigenvalue weighted by molar-refractivity contribution is -0.532. The van der Waals surface area contributed by atoms with E-state index < -0.39 is 0 Å². The van der Waals surface area contributed by atoms with Crippen LogP contribution in [0.2, 0.25) is 0 Å². The van der Waals surface area contributed by atoms with E-state index in [-0.39, 0.29) is 0 Å². The normalized spacial score (nSPS) is 27.8. The van der Waals surface area contributed by atoms with Gasteiger partial charge in [0.25, 0.3) is 0 Å². The number of nitrogens with zero attached hydrogens (tertiary/aromatic N) is 2. The Bertz CT molecular complexity index is 173. The van der Waals surface area contributed by atoms with Crippen molar-refractivity contribution in [3.05, 3.63) is 0 Å². The average molecular weight is 181 g/mol. The first-order valence-corrected chi connectivity index (χ1v) is 5.66. The Kier molecular flexibility index (Phi) is 2.99. The molecule has 2 fully saturated rings. The largest absolute Gasteiger partial charge is 0.288 e. The van der Waals surface area contributed by atoms with Crippen molar-refractivity contribution in [1.29, 1.82) is 0 Å². The molecule has 1 saturated carbocycles. The van der Waals surface area contributed by atoms with E-state index in [0.717, 1.165) is 19.1 Å². The third-order valence-electron chi connectivity index (χ3n) is 3.50. The minimum absolute atomic E-state index is 0.905. The summed E-state index contributed by atoms with van der Waals surface area (Å²) in [6.07, 6.45) is 7.25. The van der Waals surface area contributed by atoms with E-state index in [0.29, 0.717) is 0 Å². The van der Waals surface area contributed by atoms with Crippen LogP contribution in [0.3, 0.4) is 0 Å². The zero-order valence-electron chi connectivity index (χ0n) is 8.54. The molecule has 1 saturated heterocycles. The van der Waals surface area contributed by atoms with Crippen LogP contribution in [-0.4, -0.2) is 48.4 Å². The number of hydrogen-bond acceptors (Lipinski definition) is 1. The van der Waals surface area contributed by atoms with Crippen LogP contribution < -0.4 is 0 Å². The summed E-state index contributed by atoms with van der Waals surface area (Å²) in [6, 6.07) is 0.905. The van der Waals surface area contributed by atoms with E-state index in [4.69, 9.17) is 0 Å². The van der Waals surface area contributed by atoms with Gasteiger partial charge in [0.05, 0.1) is 13.1 Å². The van der Waals surface area contributed by atoms with Crippen molar-refractivity contribution in [3.8, 4) is 0 Å². The lowest BCUT2D eigenvalue weighted by atomic mass is 9.94. The summed E-state index contributed by atoms with van der Waals surface area (Å²) < 4.78 is 2.19. The highest BCUT2D eigenvalue weighted by Crippen LogP contribution is 2.22. The van der Waals surface area contributed by atoms with E-state index >= 15 is 0 Å². The molecule has 2 aliphatic rings. The molecular formula is C11H21N2+. The van der Waals surface area contributed by atoms with Crippen LogP contribution in [0.15, 0.2) is 0 Å². The molecule has 1 aliphatic carbocycles. The second kappa shape index (κ2) is 4.23. The van der Waals surface area contributed by atoms with Crippen molar-refractivity contribution in [2.45, 2.75) is 38.1 Å². The Morgan fingerprint density at radius 3 is 2.23 bits per heavy atom. The minimum atomic E-state index is 0.905. The fourth-order valence-corrected chi connectivity index (χ4v) is 2.57. The Balaban J connectivity index is 1.82. The van der Waals surface area contributed by atoms with Gasteiger partial charge in [0.1, 0.15) is 6.72 Å². The third kappa shape index (κ3) is 2.31. The average Bonchev–Trinajstić information content (AvgIpc) is 2.20. The molecule has 74 valence electrons. The Labute approximate surface area is 81.2 Å². The van der Waals surface area contributed by atoms with Gasteiger partial charge in [-0.3, -0.25) is 4.90 Å². The highest BCUT2D eigenvalue weighted by Gasteiger charge is 2.25. The first-order chi connectivity index (χ1) is 6.36. The summed E-state index contributed by atoms with van der Waals surface area (Å²) in [6.45, 7) is 8.80. The summed E-state index contributed by atoms with van der Waals surface area (Å²) >= 11 is 0. The Morgan fingerprint density at radius 1 is 1.00 bits per heavy atom. The lowest BCUT2D eigenvalue weighted by Gasteiger charge is -2.35. The molecule has 0 aromatic heterocycles. The van der Waals surface area contributed by atoms with Gasteiger partial charge in [-0.2, -0.15) is 0 Å². The predicted octanol–water partition coefficient (Wildman–Crippen LogP) is 1.35. The predicted molar refractivity (Wildman–Crippen MR) is 55.6 cm³/mol. The van der Waals surface area contributed by atoms with Crippen LogP contribution >= 0.6 is 0 Å². The van der Waals surface area contributed by atoms with Crippen molar-refractivity contribution in [1.82, 2.24) is 4.90 Å². The van der Waals surface area contributed by atoms with Crippen LogP contribution in [0.25, 0.3) is 0 Å². The molecule has 0 radical (unpaired) electrons. The Morgan fingerprint density at radius 2 is 1.62 bits per heavy atom. The lowest BCUT2D eigenvalue weighted by Crippen LogP contribution is -2.47. The molecule has 0 aromatic carbocycles. The molecule has 13 heavy (non-hydrogen) atoms. The van der Waals surface area contributed by atoms with Crippen molar-refractivity contribution in [2.75, 3.05) is 26.2 Å². The molecule has 0 atom stereocenters. The highest BCUT2D eigenvalue weighted by molar-refractivity contribution is 5.14. The number of piperazine rings is 1. The van der Waals surface area contributed by atoms with E-state index in [1.54, 1.807) is 0 Å². The van der Waals surface area contributed by atoms with Crippen LogP contribution in [0.1, 0.15) is 32.1 Å². The maximum atomic E-state index is 3.98. The summed E-state index contributed by atoms with van der Waals surface area (Å²) in [5.41, 5.74) is 0. The van der Waals surface area contributed by atoms with Crippen LogP contribution in [0.5, 0.6) is 0 Å². The second-order valence-electron chi connectivity index (χ2n) is 4.45. The molecule has 1 aliphatic heterocycles. The molecule has 0 unspecified atom stereocenters. The Hall–Kier alpha value is -0.370. The van der Waals surface area contributed by atoms with Gasteiger partial charge in [-0.15, -0.1) is 0 Å². The fourth-order valence-electron chi connectivity index (χ4n) is 2.57. The van der Waals surface area contributed by atoms with Crippen LogP contribution in [0.4, 0.5) is 0 Å². The van der Waals surface area contributed by atoms with Crippen LogP contribution in [0, 0.1) is 0 Å². The standard InChI is InChI=1S/C11H21N2/c1-12-7-9-13(10-8-12)11-5-3-2-4-6-11/h11H,1-10H2/q+1. The molecule has 0 aromatic rings. The SMILES string of the molecule is C=[N+]1CCN(C2CCCCC2)CC1. The molecule has 0 amide bonds. The van der Waals surface area contributed by atoms with E-state index in [1.807, 2.05) is 0 Å². The first kappa shape index (κ1) is 9.20. The smallest absolute Gasteiger partial charge is 0.154 e. The zero-order chi connectivity index (χ0) is 9.10. The highest BCUT2D eigenvalue weighted by atomic mass is 15.2. The van der Waals surface area contributed by atoms with Crippen molar-refractivity contribution in [2.24, 2.45) is 0 Å². The zero-order valence-corrected chi connectivity index (χ0v) is 8.54. The van der Waals surface area contributed by atoms with E-state index in [2.05, 4.69) is 16.2 Å². The van der Waals surface area contributed by atoms with Gasteiger partial charge in [0.15, 0.2) is 13.1 Å². The van der Waals surface area contributed by atoms with Gasteiger partial charge in [0.2, 0.25) is 0 Å². The quantitative estimate of drug-likeness (QED) is 0.553. The fraction of sp³-hybridized carbons (Fsp3) is 0.909. The number of rotatable bonds is 1. The molecular weight excluding hydrogens is 160 g/mol. The summed E-state index contributed by atoms with van der Waals surface area (Å²) in [4.78, 5) is 2.68. The first-order valence-electron chi connectivity index (χ1n) is 5.66. The van der Waals surface area contributed by atoms with Gasteiger partial charge in [-0.05, 0) is 12.8 Å². The van der Waals surface area contributed by atoms with Gasteiger partial charge in [-0.25, -0.2) is 4.58 Å². The molecule has 2 rings (SSSR count). The topological polar surface area (TPSA) is 6.25 Å². The molecule has 0 spiro atoms. The third-order valence-corrected chi connectivity index (χ3v) is 3.50. The molecule has 2 nitrogen and oxygen atoms in total. The van der Waals surface area contributed by atoms with Gasteiger partial charge < -0.3 is 0 Å². The molecule has 0 bridgehead atoms. The number of hydrogen-bond donors (Lipinski definition) is 0. The molecule has 2 heteroatoms. The van der Waals surface area contributed by atoms with Gasteiger partial charge >= 0.3 is 0 Å². The van der Waals surface area contributed by atoms with Crippen molar-refractivity contribution >= 4 is 6.72 Å². The summed E-state index contributed by atoms with van der Waals surface area (Å²) in [7, 11) is 0. The van der Waals surface area contributed by atoms with E-state index in [9.17, 15) is 0 Å². The van der Waals surface area contributed by atoms with E-state index in [1.165, 1.54) is 45.2 Å². The minimum Gasteiger partial charge on any atom is -0.288 e. The van der Waals surface area contributed by atoms with Crippen molar-refractivity contribution < 1.29 is 4.58 Å². The van der Waals surface area contributed by atoms with Crippen LogP contribution in [-0.2, 0) is 0 Å². The second-order valence-corrected chi connectivity index (χ2v) is 4.45. The van der Waals surface area contributed by atoms with Gasteiger partial charge in [-0.1, -0.05) is 19.3 Å². The summed E-state index contributed by atoms with van der Waals surface area (Å²) in [5.74, 6) is 0. The maximum absolute atomic E-state index is 3.98. The maximum Gasteiger partial charge on any atom is 0.154 e. The monoisotopic (exact) mass is 181 g/mol. The van der Waals surface area contributed by atoms with Crippen molar-refractivity contribution in [3.63, 3.8) is 0 Å². The van der Waals surface area contributed by atoms with Gasteiger partial charge in [0, 0.05) is 6.04 Å². The molecule has 1 heterocycles. The molecule has 0 N–H and O–H groups in total.